The average molecular weight is 140 g/mol. The molecule has 1 nitrogen and oxygen atoms in total. The molecule has 1 aromatic heterocycles. The Balaban J connectivity index is 2.22. The lowest BCUT2D eigenvalue weighted by molar-refractivity contribution is 0.642. The average Bonchev–Trinajstić information content (AvgIpc) is 2.54. The van der Waals surface area contributed by atoms with Gasteiger partial charge in [-0.25, -0.2) is 0 Å². The van der Waals surface area contributed by atoms with Gasteiger partial charge in [0.05, 0.1) is 4.88 Å². The van der Waals surface area contributed by atoms with Gasteiger partial charge in [0.2, 0.25) is 0 Å². The molecular formula is C7H8OS. The third-order valence-corrected chi connectivity index (χ3v) is 2.44. The Kier molecular flexibility index (Phi) is 1.02. The van der Waals surface area contributed by atoms with Crippen molar-refractivity contribution in [1.29, 1.82) is 0 Å². The van der Waals surface area contributed by atoms with E-state index in [1.54, 1.807) is 0 Å². The van der Waals surface area contributed by atoms with Crippen LogP contribution in [0.5, 0.6) is 11.5 Å². The summed E-state index contributed by atoms with van der Waals surface area (Å²) >= 11 is 1.82. The molecule has 0 aromatic carbocycles. The van der Waals surface area contributed by atoms with Crippen molar-refractivity contribution < 1.29 is 4.74 Å². The quantitative estimate of drug-likeness (QED) is 0.584. The Morgan fingerprint density at radius 1 is 1.67 bits per heavy atom. The van der Waals surface area contributed by atoms with Gasteiger partial charge in [0.15, 0.2) is 11.5 Å². The molecule has 0 atom stereocenters. The van der Waals surface area contributed by atoms with Gasteiger partial charge >= 0.3 is 0 Å². The summed E-state index contributed by atoms with van der Waals surface area (Å²) in [6, 6.07) is 0. The minimum atomic E-state index is 1.11. The molecule has 0 N–H and O–H groups in total. The van der Waals surface area contributed by atoms with Crippen LogP contribution in [0.15, 0.2) is 5.38 Å². The van der Waals surface area contributed by atoms with E-state index in [-0.39, 0.29) is 0 Å². The predicted octanol–water partition coefficient (Wildman–Crippen LogP) is 2.81. The SMILES string of the molecule is CCCc1scc2c1O2. The number of ether oxygens (including phenoxy) is 1. The summed E-state index contributed by atoms with van der Waals surface area (Å²) < 4.78 is 5.14. The highest BCUT2D eigenvalue weighted by atomic mass is 32.1. The molecule has 2 heteroatoms. The first-order valence-electron chi connectivity index (χ1n) is 3.20. The molecule has 0 spiro atoms. The summed E-state index contributed by atoms with van der Waals surface area (Å²) in [6.07, 6.45) is 2.40. The van der Waals surface area contributed by atoms with Crippen LogP contribution in [0, 0.1) is 0 Å². The van der Waals surface area contributed by atoms with Crippen LogP contribution in [0.3, 0.4) is 0 Å². The molecule has 2 heterocycles. The molecule has 0 aliphatic carbocycles. The third kappa shape index (κ3) is 0.741. The Hall–Kier alpha value is -0.500. The largest absolute Gasteiger partial charge is 0.447 e. The summed E-state index contributed by atoms with van der Waals surface area (Å²) in [5.41, 5.74) is 0. The summed E-state index contributed by atoms with van der Waals surface area (Å²) in [5, 5.41) is 2.08. The van der Waals surface area contributed by atoms with Gasteiger partial charge in [-0.2, -0.15) is 0 Å². The minimum Gasteiger partial charge on any atom is -0.447 e. The van der Waals surface area contributed by atoms with Gasteiger partial charge in [0.25, 0.3) is 0 Å². The fraction of sp³-hybridized carbons (Fsp3) is 0.429. The molecule has 0 amide bonds. The summed E-state index contributed by atoms with van der Waals surface area (Å²) in [4.78, 5) is 1.42. The van der Waals surface area contributed by atoms with Gasteiger partial charge in [-0.15, -0.1) is 11.3 Å². The molecule has 0 saturated carbocycles. The molecule has 1 aliphatic rings. The molecule has 1 aromatic rings. The van der Waals surface area contributed by atoms with E-state index in [0.717, 1.165) is 5.75 Å². The number of fused-ring (bicyclic) bond motifs is 1. The van der Waals surface area contributed by atoms with Crippen molar-refractivity contribution in [3.05, 3.63) is 10.3 Å². The van der Waals surface area contributed by atoms with Crippen LogP contribution in [0.4, 0.5) is 0 Å². The van der Waals surface area contributed by atoms with E-state index >= 15 is 0 Å². The Labute approximate surface area is 58.3 Å². The predicted molar refractivity (Wildman–Crippen MR) is 38.4 cm³/mol. The lowest BCUT2D eigenvalue weighted by Crippen LogP contribution is -1.73. The van der Waals surface area contributed by atoms with Crippen LogP contribution in [-0.4, -0.2) is 0 Å². The Bertz CT molecular complexity index is 227. The Morgan fingerprint density at radius 2 is 2.56 bits per heavy atom. The van der Waals surface area contributed by atoms with Gasteiger partial charge in [0, 0.05) is 5.38 Å². The maximum atomic E-state index is 5.14. The second-order valence-corrected chi connectivity index (χ2v) is 3.17. The fourth-order valence-electron chi connectivity index (χ4n) is 0.934. The zero-order chi connectivity index (χ0) is 6.27. The van der Waals surface area contributed by atoms with E-state index in [9.17, 15) is 0 Å². The third-order valence-electron chi connectivity index (χ3n) is 1.43. The molecule has 0 bridgehead atoms. The summed E-state index contributed by atoms with van der Waals surface area (Å²) in [6.45, 7) is 2.19. The van der Waals surface area contributed by atoms with E-state index in [1.165, 1.54) is 23.5 Å². The maximum Gasteiger partial charge on any atom is 0.184 e. The Morgan fingerprint density at radius 3 is 3.00 bits per heavy atom. The molecule has 0 saturated heterocycles. The van der Waals surface area contributed by atoms with Crippen LogP contribution in [0.25, 0.3) is 0 Å². The smallest absolute Gasteiger partial charge is 0.184 e. The van der Waals surface area contributed by atoms with Crippen molar-refractivity contribution in [2.75, 3.05) is 0 Å². The van der Waals surface area contributed by atoms with Gasteiger partial charge in [-0.3, -0.25) is 0 Å². The van der Waals surface area contributed by atoms with Crippen LogP contribution < -0.4 is 4.74 Å². The minimum absolute atomic E-state index is 1.11. The van der Waals surface area contributed by atoms with Crippen LogP contribution in [0.2, 0.25) is 0 Å². The number of rotatable bonds is 2. The standard InChI is InChI=1S/C7H8OS/c1-2-3-6-7-5(8-7)4-9-6/h4H,2-3H2,1H3. The molecule has 0 radical (unpaired) electrons. The topological polar surface area (TPSA) is 12.5 Å². The molecule has 1 aliphatic heterocycles. The van der Waals surface area contributed by atoms with Crippen molar-refractivity contribution in [3.63, 3.8) is 0 Å². The lowest BCUT2D eigenvalue weighted by Gasteiger charge is -1.87. The molecule has 48 valence electrons. The number of hydrogen-bond donors (Lipinski definition) is 0. The van der Waals surface area contributed by atoms with Gasteiger partial charge in [-0.1, -0.05) is 13.3 Å². The van der Waals surface area contributed by atoms with Crippen LogP contribution >= 0.6 is 11.3 Å². The highest BCUT2D eigenvalue weighted by Crippen LogP contribution is 2.52. The van der Waals surface area contributed by atoms with Crippen molar-refractivity contribution in [2.24, 2.45) is 0 Å². The van der Waals surface area contributed by atoms with Gasteiger partial charge < -0.3 is 4.74 Å². The lowest BCUT2D eigenvalue weighted by atomic mass is 10.3. The van der Waals surface area contributed by atoms with Crippen LogP contribution in [0.1, 0.15) is 18.2 Å². The summed E-state index contributed by atoms with van der Waals surface area (Å²) in [5.74, 6) is 2.28. The highest BCUT2D eigenvalue weighted by molar-refractivity contribution is 7.10. The van der Waals surface area contributed by atoms with Crippen molar-refractivity contribution in [3.8, 4) is 11.5 Å². The number of aryl methyl sites for hydroxylation is 1. The fourth-order valence-corrected chi connectivity index (χ4v) is 1.91. The zero-order valence-electron chi connectivity index (χ0n) is 5.31. The normalized spacial score (nSPS) is 12.6. The molecule has 9 heavy (non-hydrogen) atoms. The van der Waals surface area contributed by atoms with E-state index in [0.29, 0.717) is 0 Å². The number of hydrogen-bond acceptors (Lipinski definition) is 2. The molecule has 0 fully saturated rings. The van der Waals surface area contributed by atoms with Crippen LogP contribution in [-0.2, 0) is 6.42 Å². The first-order valence-corrected chi connectivity index (χ1v) is 4.08. The first kappa shape index (κ1) is 5.30. The summed E-state index contributed by atoms with van der Waals surface area (Å²) in [7, 11) is 0. The van der Waals surface area contributed by atoms with E-state index in [2.05, 4.69) is 12.3 Å². The second kappa shape index (κ2) is 1.74. The van der Waals surface area contributed by atoms with E-state index in [4.69, 9.17) is 4.74 Å². The zero-order valence-corrected chi connectivity index (χ0v) is 6.12. The van der Waals surface area contributed by atoms with Gasteiger partial charge in [-0.05, 0) is 6.42 Å². The highest BCUT2D eigenvalue weighted by Gasteiger charge is 2.25. The van der Waals surface area contributed by atoms with E-state index < -0.39 is 0 Å². The monoisotopic (exact) mass is 140 g/mol. The number of thiophene rings is 1. The van der Waals surface area contributed by atoms with Crippen molar-refractivity contribution >= 4 is 11.3 Å². The molecule has 2 rings (SSSR count). The van der Waals surface area contributed by atoms with Gasteiger partial charge in [0.1, 0.15) is 0 Å². The molecule has 0 unspecified atom stereocenters. The van der Waals surface area contributed by atoms with E-state index in [1.807, 2.05) is 11.3 Å². The van der Waals surface area contributed by atoms with Crippen molar-refractivity contribution in [1.82, 2.24) is 0 Å². The maximum absolute atomic E-state index is 5.14. The molecular weight excluding hydrogens is 132 g/mol. The second-order valence-electron chi connectivity index (χ2n) is 2.20. The first-order chi connectivity index (χ1) is 4.42. The van der Waals surface area contributed by atoms with Crippen molar-refractivity contribution in [2.45, 2.75) is 19.8 Å².